The smallest absolute Gasteiger partial charge is 0.242 e. The van der Waals surface area contributed by atoms with E-state index >= 15 is 0 Å². The average molecular weight is 476 g/mol. The number of aromatic nitrogens is 2. The molecule has 8 nitrogen and oxygen atoms in total. The number of aryl methyl sites for hydroxylation is 1. The lowest BCUT2D eigenvalue weighted by Crippen LogP contribution is -2.57. The Hall–Kier alpha value is -2.43. The van der Waals surface area contributed by atoms with Crippen molar-refractivity contribution >= 4 is 15.9 Å². The average Bonchev–Trinajstić information content (AvgIpc) is 3.32. The molecule has 2 aliphatic rings. The van der Waals surface area contributed by atoms with Crippen LogP contribution in [0.1, 0.15) is 30.4 Å². The van der Waals surface area contributed by atoms with Gasteiger partial charge in [0.05, 0.1) is 18.6 Å². The molecule has 10 heteroatoms. The van der Waals surface area contributed by atoms with Crippen molar-refractivity contribution in [2.24, 2.45) is 0 Å². The number of hydrogen-bond acceptors (Lipinski definition) is 6. The van der Waals surface area contributed by atoms with E-state index in [2.05, 4.69) is 19.6 Å². The monoisotopic (exact) mass is 475 g/mol. The number of nitrogens with zero attached hydrogens (tertiary/aromatic N) is 4. The molecule has 0 radical (unpaired) electrons. The fourth-order valence-corrected chi connectivity index (χ4v) is 6.23. The van der Waals surface area contributed by atoms with Crippen LogP contribution in [0.15, 0.2) is 30.6 Å². The van der Waals surface area contributed by atoms with E-state index in [1.807, 2.05) is 25.1 Å². The van der Waals surface area contributed by atoms with Crippen LogP contribution in [-0.4, -0.2) is 78.6 Å². The molecule has 0 unspecified atom stereocenters. The van der Waals surface area contributed by atoms with Gasteiger partial charge in [-0.1, -0.05) is 12.1 Å². The van der Waals surface area contributed by atoms with E-state index in [1.54, 1.807) is 19.0 Å². The lowest BCUT2D eigenvalue weighted by molar-refractivity contribution is -0.140. The minimum atomic E-state index is -3.42. The van der Waals surface area contributed by atoms with Crippen molar-refractivity contribution in [2.75, 3.05) is 26.9 Å². The molecule has 33 heavy (non-hydrogen) atoms. The molecule has 1 N–H and O–H groups in total. The summed E-state index contributed by atoms with van der Waals surface area (Å²) in [6.07, 6.45) is 6.03. The van der Waals surface area contributed by atoms with E-state index in [9.17, 15) is 17.6 Å². The van der Waals surface area contributed by atoms with Crippen molar-refractivity contribution < 1.29 is 17.6 Å². The van der Waals surface area contributed by atoms with Gasteiger partial charge in [0.15, 0.2) is 11.6 Å². The van der Waals surface area contributed by atoms with Crippen molar-refractivity contribution in [1.82, 2.24) is 24.5 Å². The number of benzene rings is 1. The number of carbonyl (C=O) groups excluding carboxylic acids is 1. The molecular weight excluding hydrogens is 445 g/mol. The normalized spacial score (nSPS) is 25.2. The molecule has 0 bridgehead atoms. The van der Waals surface area contributed by atoms with Crippen molar-refractivity contribution in [3.63, 3.8) is 0 Å². The molecule has 4 rings (SSSR count). The minimum Gasteiger partial charge on any atom is -0.347 e. The van der Waals surface area contributed by atoms with Crippen LogP contribution >= 0.6 is 0 Å². The van der Waals surface area contributed by atoms with Crippen LogP contribution < -0.4 is 4.72 Å². The second-order valence-electron chi connectivity index (χ2n) is 9.39. The van der Waals surface area contributed by atoms with Crippen LogP contribution in [0.5, 0.6) is 0 Å². The van der Waals surface area contributed by atoms with Gasteiger partial charge in [-0.3, -0.25) is 9.69 Å². The van der Waals surface area contributed by atoms with Crippen molar-refractivity contribution in [3.05, 3.63) is 47.5 Å². The molecule has 178 valence electrons. The summed E-state index contributed by atoms with van der Waals surface area (Å²) in [5.74, 6) is -0.114. The standard InChI is InChI=1S/C23H30FN5O3S/c1-15-7-8-16(10-18(15)21-25-13-17(24)14-26-21)11-23(22(30)28(2)3)12-19(27-33(4,31)32)20-6-5-9-29(20)23/h7-8,10,13-14,19-20,27H,5-6,9,11-12H2,1-4H3/t19-,20+,23+/m1/s1. The number of likely N-dealkylation sites (N-methyl/N-ethyl adjacent to an activating group) is 1. The summed E-state index contributed by atoms with van der Waals surface area (Å²) in [4.78, 5) is 25.7. The van der Waals surface area contributed by atoms with E-state index < -0.39 is 21.4 Å². The zero-order valence-corrected chi connectivity index (χ0v) is 20.2. The Labute approximate surface area is 194 Å². The van der Waals surface area contributed by atoms with Crippen molar-refractivity contribution in [3.8, 4) is 11.4 Å². The summed E-state index contributed by atoms with van der Waals surface area (Å²) in [6, 6.07) is 5.55. The van der Waals surface area contributed by atoms with E-state index in [0.717, 1.165) is 54.7 Å². The molecule has 0 spiro atoms. The zero-order chi connectivity index (χ0) is 24.0. The molecule has 1 amide bonds. The number of nitrogens with one attached hydrogen (secondary N) is 1. The molecule has 2 aromatic rings. The highest BCUT2D eigenvalue weighted by molar-refractivity contribution is 7.88. The van der Waals surface area contributed by atoms with E-state index in [0.29, 0.717) is 18.7 Å². The van der Waals surface area contributed by atoms with Crippen LogP contribution in [0.3, 0.4) is 0 Å². The molecule has 2 fully saturated rings. The Bertz CT molecular complexity index is 1160. The lowest BCUT2D eigenvalue weighted by Gasteiger charge is -2.39. The molecule has 1 aromatic heterocycles. The van der Waals surface area contributed by atoms with Gasteiger partial charge >= 0.3 is 0 Å². The van der Waals surface area contributed by atoms with E-state index in [1.165, 1.54) is 0 Å². The molecule has 0 saturated carbocycles. The van der Waals surface area contributed by atoms with Gasteiger partial charge in [0.2, 0.25) is 15.9 Å². The highest BCUT2D eigenvalue weighted by Crippen LogP contribution is 2.43. The number of fused-ring (bicyclic) bond motifs is 1. The van der Waals surface area contributed by atoms with Crippen molar-refractivity contribution in [2.45, 2.75) is 50.2 Å². The molecule has 2 saturated heterocycles. The topological polar surface area (TPSA) is 95.5 Å². The molecule has 3 atom stereocenters. The van der Waals surface area contributed by atoms with Gasteiger partial charge in [0.25, 0.3) is 0 Å². The third-order valence-corrected chi connectivity index (χ3v) is 7.43. The number of halogens is 1. The molecule has 1 aromatic carbocycles. The van der Waals surface area contributed by atoms with Gasteiger partial charge < -0.3 is 4.90 Å². The number of amides is 1. The van der Waals surface area contributed by atoms with Gasteiger partial charge in [-0.2, -0.15) is 0 Å². The third kappa shape index (κ3) is 4.64. The number of sulfonamides is 1. The Morgan fingerprint density at radius 1 is 1.30 bits per heavy atom. The van der Waals surface area contributed by atoms with Crippen molar-refractivity contribution in [1.29, 1.82) is 0 Å². The van der Waals surface area contributed by atoms with Crippen LogP contribution in [0.25, 0.3) is 11.4 Å². The largest absolute Gasteiger partial charge is 0.347 e. The van der Waals surface area contributed by atoms with Gasteiger partial charge in [0, 0.05) is 31.7 Å². The Kier molecular flexibility index (Phi) is 6.28. The first kappa shape index (κ1) is 23.7. The lowest BCUT2D eigenvalue weighted by atomic mass is 9.84. The number of hydrogen-bond donors (Lipinski definition) is 1. The fraction of sp³-hybridized carbons (Fsp3) is 0.522. The predicted molar refractivity (Wildman–Crippen MR) is 123 cm³/mol. The van der Waals surface area contributed by atoms with Crippen LogP contribution in [0.4, 0.5) is 4.39 Å². The molecule has 2 aliphatic heterocycles. The van der Waals surface area contributed by atoms with E-state index in [-0.39, 0.29) is 18.0 Å². The van der Waals surface area contributed by atoms with Crippen LogP contribution in [-0.2, 0) is 21.2 Å². The maximum Gasteiger partial charge on any atom is 0.242 e. The summed E-state index contributed by atoms with van der Waals surface area (Å²) in [6.45, 7) is 2.68. The maximum absolute atomic E-state index is 13.6. The van der Waals surface area contributed by atoms with Gasteiger partial charge in [-0.15, -0.1) is 0 Å². The highest BCUT2D eigenvalue weighted by Gasteiger charge is 2.58. The first-order chi connectivity index (χ1) is 15.5. The highest BCUT2D eigenvalue weighted by atomic mass is 32.2. The molecule has 0 aliphatic carbocycles. The zero-order valence-electron chi connectivity index (χ0n) is 19.4. The number of rotatable bonds is 6. The van der Waals surface area contributed by atoms with Crippen LogP contribution in [0, 0.1) is 12.7 Å². The fourth-order valence-electron chi connectivity index (χ4n) is 5.44. The molecular formula is C23H30FN5O3S. The first-order valence-electron chi connectivity index (χ1n) is 11.0. The van der Waals surface area contributed by atoms with Gasteiger partial charge in [0.1, 0.15) is 5.54 Å². The Morgan fingerprint density at radius 2 is 2.00 bits per heavy atom. The third-order valence-electron chi connectivity index (χ3n) is 6.70. The maximum atomic E-state index is 13.6. The van der Waals surface area contributed by atoms with Crippen LogP contribution in [0.2, 0.25) is 0 Å². The Balaban J connectivity index is 1.74. The summed E-state index contributed by atoms with van der Waals surface area (Å²) in [7, 11) is 0.0552. The number of carbonyl (C=O) groups is 1. The predicted octanol–water partition coefficient (Wildman–Crippen LogP) is 1.75. The second kappa shape index (κ2) is 8.73. The first-order valence-corrected chi connectivity index (χ1v) is 12.9. The minimum absolute atomic E-state index is 0.0195. The second-order valence-corrected chi connectivity index (χ2v) is 11.2. The van der Waals surface area contributed by atoms with Gasteiger partial charge in [-0.05, 0) is 56.3 Å². The SMILES string of the molecule is Cc1ccc(C[C@@]2(C(=O)N(C)C)C[C@@H](NS(C)(=O)=O)[C@@H]3CCCN32)cc1-c1ncc(F)cn1. The van der Waals surface area contributed by atoms with E-state index in [4.69, 9.17) is 0 Å². The quantitative estimate of drug-likeness (QED) is 0.684. The summed E-state index contributed by atoms with van der Waals surface area (Å²) < 4.78 is 40.2. The summed E-state index contributed by atoms with van der Waals surface area (Å²) >= 11 is 0. The summed E-state index contributed by atoms with van der Waals surface area (Å²) in [5, 5.41) is 0. The molecule has 3 heterocycles. The Morgan fingerprint density at radius 3 is 2.64 bits per heavy atom. The summed E-state index contributed by atoms with van der Waals surface area (Å²) in [5.41, 5.74) is 1.79. The van der Waals surface area contributed by atoms with Gasteiger partial charge in [-0.25, -0.2) is 27.5 Å².